The number of aliphatic imine (C=N–C) groups is 1. The Hall–Kier alpha value is -2.24. The summed E-state index contributed by atoms with van der Waals surface area (Å²) in [5.74, 6) is 2.11. The van der Waals surface area contributed by atoms with Gasteiger partial charge in [-0.3, -0.25) is 9.79 Å². The average Bonchev–Trinajstić information content (AvgIpc) is 2.69. The van der Waals surface area contributed by atoms with Gasteiger partial charge in [-0.25, -0.2) is 0 Å². The quantitative estimate of drug-likeness (QED) is 0.557. The van der Waals surface area contributed by atoms with Gasteiger partial charge in [0.2, 0.25) is 5.91 Å². The Kier molecular flexibility index (Phi) is 8.61. The second-order valence-corrected chi connectivity index (χ2v) is 7.71. The minimum absolute atomic E-state index is 0.0730. The molecule has 1 aliphatic heterocycles. The molecule has 6 heteroatoms. The molecular formula is C22H36N4O2. The highest BCUT2D eigenvalue weighted by molar-refractivity contribution is 5.80. The number of guanidine groups is 1. The van der Waals surface area contributed by atoms with E-state index in [1.807, 2.05) is 25.7 Å². The van der Waals surface area contributed by atoms with Crippen molar-refractivity contribution in [1.29, 1.82) is 0 Å². The fraction of sp³-hybridized carbons (Fsp3) is 0.636. The largest absolute Gasteiger partial charge is 0.496 e. The van der Waals surface area contributed by atoms with Crippen LogP contribution in [0.3, 0.4) is 0 Å². The Balaban J connectivity index is 1.86. The number of hydrogen-bond acceptors (Lipinski definition) is 3. The molecule has 0 atom stereocenters. The Bertz CT molecular complexity index is 665. The Morgan fingerprint density at radius 3 is 2.64 bits per heavy atom. The summed E-state index contributed by atoms with van der Waals surface area (Å²) < 4.78 is 5.40. The molecule has 0 spiro atoms. The van der Waals surface area contributed by atoms with Crippen LogP contribution in [0.5, 0.6) is 5.75 Å². The van der Waals surface area contributed by atoms with Crippen molar-refractivity contribution in [2.75, 3.05) is 33.3 Å². The number of benzene rings is 1. The maximum Gasteiger partial charge on any atom is 0.225 e. The second kappa shape index (κ2) is 10.9. The second-order valence-electron chi connectivity index (χ2n) is 7.71. The number of aryl methyl sites for hydroxylation is 1. The summed E-state index contributed by atoms with van der Waals surface area (Å²) in [7, 11) is 1.71. The van der Waals surface area contributed by atoms with Gasteiger partial charge in [-0.2, -0.15) is 0 Å². The third-order valence-electron chi connectivity index (χ3n) is 5.13. The van der Waals surface area contributed by atoms with Crippen LogP contribution in [0.2, 0.25) is 0 Å². The van der Waals surface area contributed by atoms with Crippen LogP contribution in [-0.4, -0.2) is 56.1 Å². The zero-order valence-corrected chi connectivity index (χ0v) is 18.0. The molecule has 2 N–H and O–H groups in total. The summed E-state index contributed by atoms with van der Waals surface area (Å²) >= 11 is 0. The van der Waals surface area contributed by atoms with Gasteiger partial charge in [0.1, 0.15) is 5.75 Å². The van der Waals surface area contributed by atoms with Gasteiger partial charge in [-0.15, -0.1) is 0 Å². The molecule has 1 fully saturated rings. The molecule has 156 valence electrons. The van der Waals surface area contributed by atoms with E-state index in [4.69, 9.17) is 9.73 Å². The number of nitrogens with one attached hydrogen (secondary N) is 2. The van der Waals surface area contributed by atoms with Gasteiger partial charge in [0.05, 0.1) is 7.11 Å². The number of piperidine rings is 1. The molecule has 1 aliphatic rings. The highest BCUT2D eigenvalue weighted by Gasteiger charge is 2.24. The van der Waals surface area contributed by atoms with Crippen molar-refractivity contribution in [2.45, 2.75) is 53.0 Å². The van der Waals surface area contributed by atoms with Crippen molar-refractivity contribution >= 4 is 11.9 Å². The third kappa shape index (κ3) is 6.43. The summed E-state index contributed by atoms with van der Waals surface area (Å²) in [5, 5.41) is 6.87. The molecule has 0 bridgehead atoms. The van der Waals surface area contributed by atoms with Crippen LogP contribution < -0.4 is 15.4 Å². The Labute approximate surface area is 169 Å². The maximum absolute atomic E-state index is 12.1. The lowest BCUT2D eigenvalue weighted by molar-refractivity contribution is -0.135. The summed E-state index contributed by atoms with van der Waals surface area (Å²) in [6, 6.07) is 6.67. The fourth-order valence-electron chi connectivity index (χ4n) is 3.44. The Morgan fingerprint density at radius 1 is 1.32 bits per heavy atom. The minimum atomic E-state index is 0.0730. The molecule has 6 nitrogen and oxygen atoms in total. The van der Waals surface area contributed by atoms with Gasteiger partial charge in [-0.1, -0.05) is 26.0 Å². The van der Waals surface area contributed by atoms with Gasteiger partial charge in [0.15, 0.2) is 5.96 Å². The smallest absolute Gasteiger partial charge is 0.225 e. The van der Waals surface area contributed by atoms with Crippen molar-refractivity contribution in [3.63, 3.8) is 0 Å². The number of methoxy groups -OCH3 is 1. The van der Waals surface area contributed by atoms with Crippen molar-refractivity contribution in [3.05, 3.63) is 29.3 Å². The van der Waals surface area contributed by atoms with E-state index in [2.05, 4.69) is 35.8 Å². The van der Waals surface area contributed by atoms with Crippen LogP contribution in [0.4, 0.5) is 0 Å². The van der Waals surface area contributed by atoms with Crippen LogP contribution in [0.25, 0.3) is 0 Å². The SMILES string of the molecule is CCNC(=NCCc1ccc(C)c(OC)c1)NC1CCN(C(=O)C(C)C)CC1. The van der Waals surface area contributed by atoms with Crippen LogP contribution in [0.1, 0.15) is 44.7 Å². The molecule has 28 heavy (non-hydrogen) atoms. The monoisotopic (exact) mass is 388 g/mol. The molecule has 0 unspecified atom stereocenters. The van der Waals surface area contributed by atoms with E-state index in [-0.39, 0.29) is 11.8 Å². The van der Waals surface area contributed by atoms with E-state index in [0.717, 1.165) is 56.2 Å². The van der Waals surface area contributed by atoms with Gasteiger partial charge in [-0.05, 0) is 50.3 Å². The van der Waals surface area contributed by atoms with E-state index in [9.17, 15) is 4.79 Å². The molecule has 0 radical (unpaired) electrons. The van der Waals surface area contributed by atoms with Crippen molar-refractivity contribution in [3.8, 4) is 5.75 Å². The molecule has 1 amide bonds. The molecule has 0 aliphatic carbocycles. The fourth-order valence-corrected chi connectivity index (χ4v) is 3.44. The number of ether oxygens (including phenoxy) is 1. The lowest BCUT2D eigenvalue weighted by atomic mass is 10.0. The van der Waals surface area contributed by atoms with E-state index >= 15 is 0 Å². The van der Waals surface area contributed by atoms with Crippen LogP contribution in [0, 0.1) is 12.8 Å². The van der Waals surface area contributed by atoms with E-state index in [1.54, 1.807) is 7.11 Å². The molecule has 1 heterocycles. The first-order valence-corrected chi connectivity index (χ1v) is 10.4. The number of carbonyl (C=O) groups excluding carboxylic acids is 1. The first-order valence-electron chi connectivity index (χ1n) is 10.4. The molecule has 0 saturated carbocycles. The summed E-state index contributed by atoms with van der Waals surface area (Å²) in [5.41, 5.74) is 2.37. The van der Waals surface area contributed by atoms with Crippen molar-refractivity contribution in [1.82, 2.24) is 15.5 Å². The zero-order valence-electron chi connectivity index (χ0n) is 18.0. The number of carbonyl (C=O) groups is 1. The van der Waals surface area contributed by atoms with Crippen molar-refractivity contribution < 1.29 is 9.53 Å². The first kappa shape index (κ1) is 22.1. The summed E-state index contributed by atoms with van der Waals surface area (Å²) in [6.07, 6.45) is 2.78. The van der Waals surface area contributed by atoms with Gasteiger partial charge < -0.3 is 20.3 Å². The van der Waals surface area contributed by atoms with Crippen LogP contribution in [-0.2, 0) is 11.2 Å². The highest BCUT2D eigenvalue weighted by atomic mass is 16.5. The van der Waals surface area contributed by atoms with E-state index in [1.165, 1.54) is 5.56 Å². The molecule has 1 aromatic rings. The number of amides is 1. The first-order chi connectivity index (χ1) is 13.4. The Morgan fingerprint density at radius 2 is 2.04 bits per heavy atom. The van der Waals surface area contributed by atoms with Crippen molar-refractivity contribution in [2.24, 2.45) is 10.9 Å². The van der Waals surface area contributed by atoms with Crippen LogP contribution in [0.15, 0.2) is 23.2 Å². The predicted octanol–water partition coefficient (Wildman–Crippen LogP) is 2.75. The molecule has 1 aromatic carbocycles. The maximum atomic E-state index is 12.1. The summed E-state index contributed by atoms with van der Waals surface area (Å²) in [4.78, 5) is 18.9. The van der Waals surface area contributed by atoms with Gasteiger partial charge in [0.25, 0.3) is 0 Å². The molecule has 1 saturated heterocycles. The lowest BCUT2D eigenvalue weighted by Gasteiger charge is -2.34. The average molecular weight is 389 g/mol. The number of likely N-dealkylation sites (tertiary alicyclic amines) is 1. The molecule has 0 aromatic heterocycles. The van der Waals surface area contributed by atoms with E-state index < -0.39 is 0 Å². The number of hydrogen-bond donors (Lipinski definition) is 2. The minimum Gasteiger partial charge on any atom is -0.496 e. The van der Waals surface area contributed by atoms with E-state index in [0.29, 0.717) is 12.6 Å². The summed E-state index contributed by atoms with van der Waals surface area (Å²) in [6.45, 7) is 11.2. The number of rotatable bonds is 7. The zero-order chi connectivity index (χ0) is 20.5. The predicted molar refractivity (Wildman–Crippen MR) is 115 cm³/mol. The third-order valence-corrected chi connectivity index (χ3v) is 5.13. The lowest BCUT2D eigenvalue weighted by Crippen LogP contribution is -2.50. The number of nitrogens with zero attached hydrogens (tertiary/aromatic N) is 2. The molecule has 2 rings (SSSR count). The normalized spacial score (nSPS) is 15.6. The van der Waals surface area contributed by atoms with Crippen LogP contribution >= 0.6 is 0 Å². The standard InChI is InChI=1S/C22H36N4O2/c1-6-23-22(24-12-9-18-8-7-17(4)20(15-18)28-5)25-19-10-13-26(14-11-19)21(27)16(2)3/h7-8,15-16,19H,6,9-14H2,1-5H3,(H2,23,24,25). The van der Waals surface area contributed by atoms with Gasteiger partial charge >= 0.3 is 0 Å². The molecular weight excluding hydrogens is 352 g/mol. The highest BCUT2D eigenvalue weighted by Crippen LogP contribution is 2.19. The van der Waals surface area contributed by atoms with Gasteiger partial charge in [0, 0.05) is 38.1 Å². The topological polar surface area (TPSA) is 66.0 Å².